The normalized spacial score (nSPS) is 12.2. The Morgan fingerprint density at radius 3 is 2.30 bits per heavy atom. The number of aryl methyl sites for hydroxylation is 2. The lowest BCUT2D eigenvalue weighted by atomic mass is 10.0. The molecule has 0 aliphatic rings. The third-order valence-corrected chi connectivity index (χ3v) is 3.28. The molecule has 2 N–H and O–H groups in total. The molecule has 0 amide bonds. The fraction of sp³-hybridized carbons (Fsp3) is 0.333. The summed E-state index contributed by atoms with van der Waals surface area (Å²) in [6, 6.07) is 16.6. The zero-order valence-corrected chi connectivity index (χ0v) is 12.3. The highest BCUT2D eigenvalue weighted by Gasteiger charge is 2.05. The van der Waals surface area contributed by atoms with Gasteiger partial charge in [0.05, 0.1) is 6.61 Å². The SMILES string of the molecule is Cc1cc(C)cc(CC(N)CCOc2ccccc2)c1. The van der Waals surface area contributed by atoms with Crippen LogP contribution in [-0.4, -0.2) is 12.6 Å². The van der Waals surface area contributed by atoms with E-state index in [9.17, 15) is 0 Å². The quantitative estimate of drug-likeness (QED) is 0.869. The van der Waals surface area contributed by atoms with Crippen LogP contribution in [0.25, 0.3) is 0 Å². The molecule has 0 saturated heterocycles. The van der Waals surface area contributed by atoms with Crippen LogP contribution in [0.4, 0.5) is 0 Å². The molecule has 0 saturated carbocycles. The van der Waals surface area contributed by atoms with E-state index >= 15 is 0 Å². The second-order valence-corrected chi connectivity index (χ2v) is 5.41. The van der Waals surface area contributed by atoms with Crippen molar-refractivity contribution in [3.05, 3.63) is 65.2 Å². The van der Waals surface area contributed by atoms with Gasteiger partial charge in [-0.25, -0.2) is 0 Å². The van der Waals surface area contributed by atoms with Gasteiger partial charge in [0.15, 0.2) is 0 Å². The minimum atomic E-state index is 0.139. The Balaban J connectivity index is 1.79. The van der Waals surface area contributed by atoms with Crippen molar-refractivity contribution in [3.63, 3.8) is 0 Å². The molecule has 0 aliphatic heterocycles. The van der Waals surface area contributed by atoms with Gasteiger partial charge in [-0.2, -0.15) is 0 Å². The molecule has 2 rings (SSSR count). The van der Waals surface area contributed by atoms with E-state index in [0.717, 1.165) is 18.6 Å². The van der Waals surface area contributed by atoms with Gasteiger partial charge in [-0.05, 0) is 44.4 Å². The summed E-state index contributed by atoms with van der Waals surface area (Å²) in [5.74, 6) is 0.908. The van der Waals surface area contributed by atoms with Crippen molar-refractivity contribution in [1.82, 2.24) is 0 Å². The van der Waals surface area contributed by atoms with Crippen molar-refractivity contribution < 1.29 is 4.74 Å². The Kier molecular flexibility index (Phi) is 5.19. The van der Waals surface area contributed by atoms with Crippen LogP contribution >= 0.6 is 0 Å². The summed E-state index contributed by atoms with van der Waals surface area (Å²) in [5, 5.41) is 0. The molecule has 1 atom stereocenters. The number of hydrogen-bond acceptors (Lipinski definition) is 2. The van der Waals surface area contributed by atoms with Crippen LogP contribution in [0.15, 0.2) is 48.5 Å². The molecule has 0 aromatic heterocycles. The number of ether oxygens (including phenoxy) is 1. The van der Waals surface area contributed by atoms with Gasteiger partial charge in [-0.3, -0.25) is 0 Å². The molecule has 106 valence electrons. The van der Waals surface area contributed by atoms with E-state index in [0.29, 0.717) is 6.61 Å². The van der Waals surface area contributed by atoms with E-state index in [1.54, 1.807) is 0 Å². The van der Waals surface area contributed by atoms with Crippen molar-refractivity contribution in [3.8, 4) is 5.75 Å². The first-order chi connectivity index (χ1) is 9.63. The Morgan fingerprint density at radius 1 is 1.00 bits per heavy atom. The standard InChI is InChI=1S/C18H23NO/c1-14-10-15(2)12-16(11-14)13-17(19)8-9-20-18-6-4-3-5-7-18/h3-7,10-12,17H,8-9,13,19H2,1-2H3. The highest BCUT2D eigenvalue weighted by Crippen LogP contribution is 2.12. The smallest absolute Gasteiger partial charge is 0.119 e. The summed E-state index contributed by atoms with van der Waals surface area (Å²) in [4.78, 5) is 0. The van der Waals surface area contributed by atoms with E-state index in [1.807, 2.05) is 30.3 Å². The molecule has 1 unspecified atom stereocenters. The molecule has 2 heteroatoms. The van der Waals surface area contributed by atoms with Gasteiger partial charge in [0, 0.05) is 6.04 Å². The fourth-order valence-corrected chi connectivity index (χ4v) is 2.44. The van der Waals surface area contributed by atoms with Gasteiger partial charge in [0.2, 0.25) is 0 Å². The predicted molar refractivity (Wildman–Crippen MR) is 84.1 cm³/mol. The number of hydrogen-bond donors (Lipinski definition) is 1. The third kappa shape index (κ3) is 4.71. The van der Waals surface area contributed by atoms with Gasteiger partial charge < -0.3 is 10.5 Å². The van der Waals surface area contributed by atoms with Gasteiger partial charge >= 0.3 is 0 Å². The maximum atomic E-state index is 6.19. The average molecular weight is 269 g/mol. The predicted octanol–water partition coefficient (Wildman–Crippen LogP) is 3.64. The summed E-state index contributed by atoms with van der Waals surface area (Å²) in [6.45, 7) is 4.91. The first-order valence-electron chi connectivity index (χ1n) is 7.14. The van der Waals surface area contributed by atoms with Crippen molar-refractivity contribution in [2.45, 2.75) is 32.7 Å². The first kappa shape index (κ1) is 14.6. The molecule has 0 bridgehead atoms. The maximum Gasteiger partial charge on any atom is 0.119 e. The van der Waals surface area contributed by atoms with Gasteiger partial charge in [0.1, 0.15) is 5.75 Å². The van der Waals surface area contributed by atoms with Crippen LogP contribution in [0.1, 0.15) is 23.1 Å². The molecular weight excluding hydrogens is 246 g/mol. The van der Waals surface area contributed by atoms with Crippen molar-refractivity contribution in [2.75, 3.05) is 6.61 Å². The largest absolute Gasteiger partial charge is 0.494 e. The summed E-state index contributed by atoms with van der Waals surface area (Å²) in [7, 11) is 0. The molecule has 20 heavy (non-hydrogen) atoms. The van der Waals surface area contributed by atoms with E-state index in [4.69, 9.17) is 10.5 Å². The maximum absolute atomic E-state index is 6.19. The summed E-state index contributed by atoms with van der Waals surface area (Å²) in [6.07, 6.45) is 1.77. The first-order valence-corrected chi connectivity index (χ1v) is 7.14. The monoisotopic (exact) mass is 269 g/mol. The van der Waals surface area contributed by atoms with Crippen LogP contribution in [-0.2, 0) is 6.42 Å². The lowest BCUT2D eigenvalue weighted by molar-refractivity contribution is 0.297. The second kappa shape index (κ2) is 7.11. The lowest BCUT2D eigenvalue weighted by Crippen LogP contribution is -2.25. The molecule has 0 heterocycles. The van der Waals surface area contributed by atoms with Crippen LogP contribution in [0.3, 0.4) is 0 Å². The van der Waals surface area contributed by atoms with Crippen molar-refractivity contribution in [1.29, 1.82) is 0 Å². The van der Waals surface area contributed by atoms with Gasteiger partial charge in [0.25, 0.3) is 0 Å². The molecule has 2 nitrogen and oxygen atoms in total. The molecule has 2 aromatic rings. The Morgan fingerprint density at radius 2 is 1.65 bits per heavy atom. The zero-order chi connectivity index (χ0) is 14.4. The number of para-hydroxylation sites is 1. The number of benzene rings is 2. The minimum Gasteiger partial charge on any atom is -0.494 e. The van der Waals surface area contributed by atoms with E-state index in [-0.39, 0.29) is 6.04 Å². The summed E-state index contributed by atoms with van der Waals surface area (Å²) >= 11 is 0. The van der Waals surface area contributed by atoms with Gasteiger partial charge in [-0.15, -0.1) is 0 Å². The zero-order valence-electron chi connectivity index (χ0n) is 12.3. The van der Waals surface area contributed by atoms with Crippen molar-refractivity contribution in [2.24, 2.45) is 5.73 Å². The Bertz CT molecular complexity index is 516. The van der Waals surface area contributed by atoms with Crippen molar-refractivity contribution >= 4 is 0 Å². The summed E-state index contributed by atoms with van der Waals surface area (Å²) in [5.41, 5.74) is 10.1. The molecule has 0 spiro atoms. The highest BCUT2D eigenvalue weighted by atomic mass is 16.5. The molecule has 0 radical (unpaired) electrons. The Labute approximate surface area is 121 Å². The molecule has 0 aliphatic carbocycles. The van der Waals surface area contributed by atoms with Crippen LogP contribution < -0.4 is 10.5 Å². The topological polar surface area (TPSA) is 35.2 Å². The highest BCUT2D eigenvalue weighted by molar-refractivity contribution is 5.29. The van der Waals surface area contributed by atoms with E-state index < -0.39 is 0 Å². The van der Waals surface area contributed by atoms with Crippen LogP contribution in [0.2, 0.25) is 0 Å². The number of nitrogens with two attached hydrogens (primary N) is 1. The van der Waals surface area contributed by atoms with Gasteiger partial charge in [-0.1, -0.05) is 47.5 Å². The van der Waals surface area contributed by atoms with Crippen LogP contribution in [0.5, 0.6) is 5.75 Å². The molecule has 2 aromatic carbocycles. The Hall–Kier alpha value is -1.80. The number of rotatable bonds is 6. The minimum absolute atomic E-state index is 0.139. The fourth-order valence-electron chi connectivity index (χ4n) is 2.44. The van der Waals surface area contributed by atoms with E-state index in [1.165, 1.54) is 16.7 Å². The third-order valence-electron chi connectivity index (χ3n) is 3.28. The average Bonchev–Trinajstić information content (AvgIpc) is 2.38. The lowest BCUT2D eigenvalue weighted by Gasteiger charge is -2.13. The van der Waals surface area contributed by atoms with Crippen LogP contribution in [0, 0.1) is 13.8 Å². The molecule has 0 fully saturated rings. The second-order valence-electron chi connectivity index (χ2n) is 5.41. The molecular formula is C18H23NO. The van der Waals surface area contributed by atoms with E-state index in [2.05, 4.69) is 32.0 Å². The summed E-state index contributed by atoms with van der Waals surface area (Å²) < 4.78 is 5.68.